The summed E-state index contributed by atoms with van der Waals surface area (Å²) in [6.45, 7) is 1.79. The first-order chi connectivity index (χ1) is 9.92. The van der Waals surface area contributed by atoms with Crippen molar-refractivity contribution in [2.24, 2.45) is 5.10 Å². The number of hydrogen-bond acceptors (Lipinski definition) is 5. The fraction of sp³-hybridized carbons (Fsp3) is 0.143. The van der Waals surface area contributed by atoms with E-state index < -0.39 is 0 Å². The Morgan fingerprint density at radius 3 is 2.71 bits per heavy atom. The quantitative estimate of drug-likeness (QED) is 0.828. The Balaban J connectivity index is 2.43. The van der Waals surface area contributed by atoms with Gasteiger partial charge in [0.1, 0.15) is 5.82 Å². The maximum atomic E-state index is 11.8. The molecule has 0 amide bonds. The van der Waals surface area contributed by atoms with Gasteiger partial charge in [-0.15, -0.1) is 0 Å². The van der Waals surface area contributed by atoms with Crippen molar-refractivity contribution in [2.45, 2.75) is 6.92 Å². The second-order valence-electron chi connectivity index (χ2n) is 4.41. The summed E-state index contributed by atoms with van der Waals surface area (Å²) >= 11 is 3.22. The van der Waals surface area contributed by atoms with Gasteiger partial charge in [-0.3, -0.25) is 4.79 Å². The fourth-order valence-corrected chi connectivity index (χ4v) is 2.25. The van der Waals surface area contributed by atoms with Crippen LogP contribution in [0.3, 0.4) is 0 Å². The monoisotopic (exact) mass is 351 g/mol. The molecule has 3 N–H and O–H groups in total. The molecular weight excluding hydrogens is 338 g/mol. The molecule has 0 saturated heterocycles. The molecular formula is C14H14BrN3O3. The average molecular weight is 352 g/mol. The summed E-state index contributed by atoms with van der Waals surface area (Å²) in [5.74, 6) is 0.553. The molecule has 0 aliphatic heterocycles. The zero-order valence-corrected chi connectivity index (χ0v) is 13.1. The van der Waals surface area contributed by atoms with Crippen LogP contribution < -0.4 is 16.0 Å². The number of aromatic hydroxyl groups is 1. The lowest BCUT2D eigenvalue weighted by Crippen LogP contribution is -2.19. The van der Waals surface area contributed by atoms with E-state index in [1.54, 1.807) is 25.1 Å². The van der Waals surface area contributed by atoms with E-state index in [9.17, 15) is 9.90 Å². The molecule has 6 nitrogen and oxygen atoms in total. The first-order valence-corrected chi connectivity index (χ1v) is 6.81. The summed E-state index contributed by atoms with van der Waals surface area (Å²) in [4.78, 5) is 11.8. The minimum atomic E-state index is -0.312. The number of aryl methyl sites for hydroxylation is 1. The third kappa shape index (κ3) is 3.25. The topological polar surface area (TPSA) is 89.8 Å². The SMILES string of the molecule is COc1cc(/C=N/n2c(N)cc(C)cc2=O)cc(Br)c1O. The standard InChI is InChI=1S/C14H14BrN3O3/c1-8-3-12(16)18(13(19)4-8)17-7-9-5-10(15)14(20)11(6-9)21-2/h3-7,20H,16H2,1-2H3/b17-7+. The molecule has 7 heteroatoms. The number of methoxy groups -OCH3 is 1. The number of nitrogens with zero attached hydrogens (tertiary/aromatic N) is 2. The summed E-state index contributed by atoms with van der Waals surface area (Å²) in [6.07, 6.45) is 1.46. The molecule has 0 atom stereocenters. The van der Waals surface area contributed by atoms with E-state index in [4.69, 9.17) is 10.5 Å². The number of nitrogen functional groups attached to an aromatic ring is 1. The van der Waals surface area contributed by atoms with Crippen molar-refractivity contribution in [2.75, 3.05) is 12.8 Å². The predicted molar refractivity (Wildman–Crippen MR) is 85.2 cm³/mol. The zero-order valence-electron chi connectivity index (χ0n) is 11.5. The Kier molecular flexibility index (Phi) is 4.32. The van der Waals surface area contributed by atoms with Crippen LogP contribution in [0.2, 0.25) is 0 Å². The fourth-order valence-electron chi connectivity index (χ4n) is 1.79. The molecule has 0 unspecified atom stereocenters. The number of benzene rings is 1. The molecule has 0 spiro atoms. The third-order valence-corrected chi connectivity index (χ3v) is 3.38. The van der Waals surface area contributed by atoms with E-state index in [1.807, 2.05) is 0 Å². The first kappa shape index (κ1) is 15.1. The maximum absolute atomic E-state index is 11.8. The largest absolute Gasteiger partial charge is 0.503 e. The molecule has 2 aromatic rings. The number of phenolic OH excluding ortho intramolecular Hbond substituents is 1. The lowest BCUT2D eigenvalue weighted by atomic mass is 10.2. The summed E-state index contributed by atoms with van der Waals surface area (Å²) in [6, 6.07) is 6.35. The van der Waals surface area contributed by atoms with Gasteiger partial charge < -0.3 is 15.6 Å². The number of hydrogen-bond donors (Lipinski definition) is 2. The molecule has 0 aliphatic carbocycles. The Labute approximate surface area is 129 Å². The molecule has 1 aromatic carbocycles. The summed E-state index contributed by atoms with van der Waals surface area (Å²) in [7, 11) is 1.45. The molecule has 0 radical (unpaired) electrons. The number of halogens is 1. The van der Waals surface area contributed by atoms with Gasteiger partial charge in [0.25, 0.3) is 5.56 Å². The van der Waals surface area contributed by atoms with Crippen molar-refractivity contribution in [3.63, 3.8) is 0 Å². The third-order valence-electron chi connectivity index (χ3n) is 2.77. The van der Waals surface area contributed by atoms with E-state index in [1.165, 1.54) is 19.4 Å². The highest BCUT2D eigenvalue weighted by molar-refractivity contribution is 9.10. The van der Waals surface area contributed by atoms with Crippen molar-refractivity contribution < 1.29 is 9.84 Å². The van der Waals surface area contributed by atoms with Crippen molar-refractivity contribution in [3.8, 4) is 11.5 Å². The molecule has 110 valence electrons. The van der Waals surface area contributed by atoms with E-state index in [2.05, 4.69) is 21.0 Å². The van der Waals surface area contributed by atoms with Crippen LogP contribution in [-0.4, -0.2) is 23.1 Å². The van der Waals surface area contributed by atoms with Gasteiger partial charge in [-0.1, -0.05) is 0 Å². The van der Waals surface area contributed by atoms with Crippen molar-refractivity contribution >= 4 is 28.0 Å². The summed E-state index contributed by atoms with van der Waals surface area (Å²) < 4.78 is 6.61. The Morgan fingerprint density at radius 2 is 2.10 bits per heavy atom. The van der Waals surface area contributed by atoms with Crippen LogP contribution in [0.4, 0.5) is 5.82 Å². The summed E-state index contributed by atoms with van der Waals surface area (Å²) in [5, 5.41) is 13.8. The lowest BCUT2D eigenvalue weighted by molar-refractivity contribution is 0.372. The highest BCUT2D eigenvalue weighted by Gasteiger charge is 2.07. The number of aromatic nitrogens is 1. The van der Waals surface area contributed by atoms with Crippen LogP contribution in [0.5, 0.6) is 11.5 Å². The molecule has 0 aliphatic rings. The molecule has 0 saturated carbocycles. The van der Waals surface area contributed by atoms with Gasteiger partial charge in [0.2, 0.25) is 0 Å². The van der Waals surface area contributed by atoms with Crippen LogP contribution in [0.15, 0.2) is 38.6 Å². The zero-order chi connectivity index (χ0) is 15.6. The van der Waals surface area contributed by atoms with Gasteiger partial charge in [0, 0.05) is 6.07 Å². The minimum absolute atomic E-state index is 0.00154. The summed E-state index contributed by atoms with van der Waals surface area (Å²) in [5.41, 5.74) is 6.88. The van der Waals surface area contributed by atoms with Crippen LogP contribution >= 0.6 is 15.9 Å². The smallest absolute Gasteiger partial charge is 0.273 e. The Morgan fingerprint density at radius 1 is 1.38 bits per heavy atom. The van der Waals surface area contributed by atoms with Gasteiger partial charge in [-0.25, -0.2) is 0 Å². The van der Waals surface area contributed by atoms with E-state index in [0.717, 1.165) is 10.2 Å². The minimum Gasteiger partial charge on any atom is -0.503 e. The van der Waals surface area contributed by atoms with Crippen LogP contribution in [0.1, 0.15) is 11.1 Å². The first-order valence-electron chi connectivity index (χ1n) is 6.02. The van der Waals surface area contributed by atoms with Crippen LogP contribution in [0.25, 0.3) is 0 Å². The van der Waals surface area contributed by atoms with Crippen LogP contribution in [-0.2, 0) is 0 Å². The number of rotatable bonds is 3. The number of anilines is 1. The molecule has 2 rings (SSSR count). The molecule has 1 heterocycles. The highest BCUT2D eigenvalue weighted by Crippen LogP contribution is 2.34. The number of pyridine rings is 1. The maximum Gasteiger partial charge on any atom is 0.273 e. The van der Waals surface area contributed by atoms with Crippen molar-refractivity contribution in [1.82, 2.24) is 4.68 Å². The van der Waals surface area contributed by atoms with Crippen molar-refractivity contribution in [3.05, 3.63) is 50.2 Å². The van der Waals surface area contributed by atoms with Crippen LogP contribution in [0, 0.1) is 6.92 Å². The normalized spacial score (nSPS) is 11.0. The Hall–Kier alpha value is -2.28. The van der Waals surface area contributed by atoms with Gasteiger partial charge in [-0.05, 0) is 52.2 Å². The highest BCUT2D eigenvalue weighted by atomic mass is 79.9. The molecule has 0 bridgehead atoms. The Bertz CT molecular complexity index is 769. The lowest BCUT2D eigenvalue weighted by Gasteiger charge is -2.07. The number of phenols is 1. The molecule has 0 fully saturated rings. The predicted octanol–water partition coefficient (Wildman–Crippen LogP) is 2.10. The number of nitrogens with two attached hydrogens (primary N) is 1. The van der Waals surface area contributed by atoms with Gasteiger partial charge in [0.15, 0.2) is 11.5 Å². The molecule has 1 aromatic heterocycles. The van der Waals surface area contributed by atoms with E-state index in [0.29, 0.717) is 15.8 Å². The second kappa shape index (κ2) is 6.01. The van der Waals surface area contributed by atoms with Gasteiger partial charge in [-0.2, -0.15) is 9.78 Å². The van der Waals surface area contributed by atoms with Gasteiger partial charge >= 0.3 is 0 Å². The second-order valence-corrected chi connectivity index (χ2v) is 5.26. The number of ether oxygens (including phenoxy) is 1. The van der Waals surface area contributed by atoms with Gasteiger partial charge in [0.05, 0.1) is 17.8 Å². The van der Waals surface area contributed by atoms with E-state index >= 15 is 0 Å². The average Bonchev–Trinajstić information content (AvgIpc) is 2.41. The molecule has 21 heavy (non-hydrogen) atoms. The van der Waals surface area contributed by atoms with E-state index in [-0.39, 0.29) is 17.1 Å². The van der Waals surface area contributed by atoms with Crippen molar-refractivity contribution in [1.29, 1.82) is 0 Å².